The molecule has 7 nitrogen and oxygen atoms in total. The Morgan fingerprint density at radius 3 is 2.92 bits per heavy atom. The second-order valence-corrected chi connectivity index (χ2v) is 7.19. The van der Waals surface area contributed by atoms with Crippen LogP contribution in [0.5, 0.6) is 0 Å². The van der Waals surface area contributed by atoms with Crippen molar-refractivity contribution in [2.45, 2.75) is 32.2 Å². The average Bonchev–Trinajstić information content (AvgIpc) is 3.21. The number of carbonyl (C=O) groups is 3. The molecular weight excluding hydrogens is 376 g/mol. The standard InChI is InChI=1S/C17H17ClN4O3S/c1-9-11(18)3-2-4-12(9)20-15(24)7-10-8-26-17(19-10)22-16(25)13-5-6-14(23)21-13/h2-4,8,13H,5-7H2,1H3,(H,20,24)(H,21,23)(H,19,22,25). The lowest BCUT2D eigenvalue weighted by molar-refractivity contribution is -0.122. The maximum atomic E-state index is 12.2. The molecule has 3 N–H and O–H groups in total. The van der Waals surface area contributed by atoms with Gasteiger partial charge in [-0.1, -0.05) is 17.7 Å². The van der Waals surface area contributed by atoms with E-state index in [0.717, 1.165) is 5.56 Å². The second-order valence-electron chi connectivity index (χ2n) is 5.93. The highest BCUT2D eigenvalue weighted by molar-refractivity contribution is 7.13. The number of halogens is 1. The SMILES string of the molecule is Cc1c(Cl)cccc1NC(=O)Cc1csc(NC(=O)C2CCC(=O)N2)n1. The lowest BCUT2D eigenvalue weighted by Gasteiger charge is -2.09. The zero-order valence-electron chi connectivity index (χ0n) is 14.0. The van der Waals surface area contributed by atoms with Gasteiger partial charge in [-0.25, -0.2) is 4.98 Å². The van der Waals surface area contributed by atoms with Crippen molar-refractivity contribution in [1.29, 1.82) is 0 Å². The Bertz CT molecular complexity index is 867. The van der Waals surface area contributed by atoms with Crippen LogP contribution in [0.15, 0.2) is 23.6 Å². The molecule has 1 atom stereocenters. The van der Waals surface area contributed by atoms with Crippen molar-refractivity contribution in [1.82, 2.24) is 10.3 Å². The molecule has 1 aromatic heterocycles. The van der Waals surface area contributed by atoms with Crippen LogP contribution in [0.4, 0.5) is 10.8 Å². The van der Waals surface area contributed by atoms with E-state index in [9.17, 15) is 14.4 Å². The third kappa shape index (κ3) is 4.39. The second kappa shape index (κ2) is 7.84. The highest BCUT2D eigenvalue weighted by atomic mass is 35.5. The molecule has 0 bridgehead atoms. The number of amides is 3. The molecule has 1 saturated heterocycles. The summed E-state index contributed by atoms with van der Waals surface area (Å²) in [5, 5.41) is 10.8. The van der Waals surface area contributed by atoms with Gasteiger partial charge in [-0.05, 0) is 31.0 Å². The third-order valence-corrected chi connectivity index (χ3v) is 5.19. The van der Waals surface area contributed by atoms with E-state index in [2.05, 4.69) is 20.9 Å². The van der Waals surface area contributed by atoms with Crippen molar-refractivity contribution in [2.24, 2.45) is 0 Å². The number of carbonyl (C=O) groups excluding carboxylic acids is 3. The normalized spacial score (nSPS) is 16.2. The minimum atomic E-state index is -0.524. The predicted molar refractivity (Wildman–Crippen MR) is 100 cm³/mol. The van der Waals surface area contributed by atoms with Crippen LogP contribution in [0.1, 0.15) is 24.1 Å². The van der Waals surface area contributed by atoms with Crippen LogP contribution in [0, 0.1) is 6.92 Å². The average molecular weight is 393 g/mol. The van der Waals surface area contributed by atoms with Gasteiger partial charge in [0.25, 0.3) is 0 Å². The van der Waals surface area contributed by atoms with Crippen molar-refractivity contribution in [3.8, 4) is 0 Å². The number of nitrogens with zero attached hydrogens (tertiary/aromatic N) is 1. The number of benzene rings is 1. The molecule has 3 amide bonds. The molecule has 0 aliphatic carbocycles. The van der Waals surface area contributed by atoms with Crippen molar-refractivity contribution in [3.05, 3.63) is 39.9 Å². The van der Waals surface area contributed by atoms with E-state index in [1.165, 1.54) is 11.3 Å². The number of hydrogen-bond donors (Lipinski definition) is 3. The van der Waals surface area contributed by atoms with Crippen molar-refractivity contribution in [2.75, 3.05) is 10.6 Å². The Morgan fingerprint density at radius 2 is 2.19 bits per heavy atom. The maximum Gasteiger partial charge on any atom is 0.248 e. The summed E-state index contributed by atoms with van der Waals surface area (Å²) in [6.07, 6.45) is 0.910. The first-order valence-corrected chi connectivity index (χ1v) is 9.27. The number of thiazole rings is 1. The van der Waals surface area contributed by atoms with Crippen LogP contribution in [0.25, 0.3) is 0 Å². The fourth-order valence-corrected chi connectivity index (χ4v) is 3.44. The smallest absolute Gasteiger partial charge is 0.248 e. The van der Waals surface area contributed by atoms with Crippen molar-refractivity contribution < 1.29 is 14.4 Å². The Balaban J connectivity index is 1.56. The fraction of sp³-hybridized carbons (Fsp3) is 0.294. The van der Waals surface area contributed by atoms with E-state index in [4.69, 9.17) is 11.6 Å². The van der Waals surface area contributed by atoms with Crippen molar-refractivity contribution >= 4 is 51.5 Å². The molecule has 1 aliphatic rings. The molecule has 1 aliphatic heterocycles. The number of hydrogen-bond acceptors (Lipinski definition) is 5. The largest absolute Gasteiger partial charge is 0.344 e. The summed E-state index contributed by atoms with van der Waals surface area (Å²) < 4.78 is 0. The molecule has 136 valence electrons. The summed E-state index contributed by atoms with van der Waals surface area (Å²) >= 11 is 7.28. The lowest BCUT2D eigenvalue weighted by Crippen LogP contribution is -2.37. The summed E-state index contributed by atoms with van der Waals surface area (Å²) in [5.74, 6) is -0.643. The van der Waals surface area contributed by atoms with E-state index >= 15 is 0 Å². The summed E-state index contributed by atoms with van der Waals surface area (Å²) in [6, 6.07) is 4.78. The minimum Gasteiger partial charge on any atom is -0.344 e. The molecule has 1 aromatic carbocycles. The first-order valence-electron chi connectivity index (χ1n) is 8.02. The Morgan fingerprint density at radius 1 is 1.38 bits per heavy atom. The molecule has 2 aromatic rings. The van der Waals surface area contributed by atoms with E-state index in [0.29, 0.717) is 34.4 Å². The summed E-state index contributed by atoms with van der Waals surface area (Å²) in [4.78, 5) is 39.7. The molecule has 0 spiro atoms. The zero-order chi connectivity index (χ0) is 18.7. The van der Waals surface area contributed by atoms with Crippen LogP contribution in [0.3, 0.4) is 0 Å². The molecular formula is C17H17ClN4O3S. The number of aromatic nitrogens is 1. The van der Waals surface area contributed by atoms with E-state index in [-0.39, 0.29) is 24.1 Å². The molecule has 0 radical (unpaired) electrons. The Labute approximate surface area is 159 Å². The van der Waals surface area contributed by atoms with Crippen LogP contribution in [-0.2, 0) is 20.8 Å². The maximum absolute atomic E-state index is 12.2. The molecule has 1 unspecified atom stereocenters. The molecule has 2 heterocycles. The van der Waals surface area contributed by atoms with Gasteiger partial charge in [-0.15, -0.1) is 11.3 Å². The third-order valence-electron chi connectivity index (χ3n) is 3.98. The van der Waals surface area contributed by atoms with Gasteiger partial charge >= 0.3 is 0 Å². The van der Waals surface area contributed by atoms with E-state index in [1.54, 1.807) is 23.6 Å². The zero-order valence-corrected chi connectivity index (χ0v) is 15.5. The first-order chi connectivity index (χ1) is 12.4. The van der Waals surface area contributed by atoms with Crippen LogP contribution >= 0.6 is 22.9 Å². The van der Waals surface area contributed by atoms with Gasteiger partial charge in [0.05, 0.1) is 12.1 Å². The summed E-state index contributed by atoms with van der Waals surface area (Å²) in [5.41, 5.74) is 2.01. The minimum absolute atomic E-state index is 0.0818. The molecule has 26 heavy (non-hydrogen) atoms. The number of rotatable bonds is 5. The summed E-state index contributed by atoms with van der Waals surface area (Å²) in [6.45, 7) is 1.83. The Hall–Kier alpha value is -2.45. The van der Waals surface area contributed by atoms with Gasteiger partial charge in [-0.2, -0.15) is 0 Å². The van der Waals surface area contributed by atoms with Crippen LogP contribution in [0.2, 0.25) is 5.02 Å². The Kier molecular flexibility index (Phi) is 5.53. The van der Waals surface area contributed by atoms with Crippen LogP contribution in [-0.4, -0.2) is 28.7 Å². The topological polar surface area (TPSA) is 100 Å². The highest BCUT2D eigenvalue weighted by Gasteiger charge is 2.27. The van der Waals surface area contributed by atoms with E-state index < -0.39 is 6.04 Å². The van der Waals surface area contributed by atoms with Gasteiger partial charge in [0, 0.05) is 22.5 Å². The molecule has 0 saturated carbocycles. The quantitative estimate of drug-likeness (QED) is 0.727. The van der Waals surface area contributed by atoms with E-state index in [1.807, 2.05) is 6.92 Å². The van der Waals surface area contributed by atoms with Gasteiger partial charge in [-0.3, -0.25) is 14.4 Å². The first kappa shape index (κ1) is 18.3. The monoisotopic (exact) mass is 392 g/mol. The van der Waals surface area contributed by atoms with Gasteiger partial charge in [0.15, 0.2) is 5.13 Å². The van der Waals surface area contributed by atoms with Gasteiger partial charge < -0.3 is 16.0 Å². The highest BCUT2D eigenvalue weighted by Crippen LogP contribution is 2.23. The summed E-state index contributed by atoms with van der Waals surface area (Å²) in [7, 11) is 0. The predicted octanol–water partition coefficient (Wildman–Crippen LogP) is 2.50. The lowest BCUT2D eigenvalue weighted by atomic mass is 10.2. The van der Waals surface area contributed by atoms with Crippen molar-refractivity contribution in [3.63, 3.8) is 0 Å². The van der Waals surface area contributed by atoms with Gasteiger partial charge in [0.2, 0.25) is 17.7 Å². The number of nitrogens with one attached hydrogen (secondary N) is 3. The fourth-order valence-electron chi connectivity index (χ4n) is 2.55. The molecule has 9 heteroatoms. The van der Waals surface area contributed by atoms with Crippen LogP contribution < -0.4 is 16.0 Å². The number of anilines is 2. The van der Waals surface area contributed by atoms with Gasteiger partial charge in [0.1, 0.15) is 6.04 Å². The molecule has 3 rings (SSSR count). The molecule has 1 fully saturated rings.